The number of amides is 1. The topological polar surface area (TPSA) is 95.3 Å². The minimum Gasteiger partial charge on any atom is -0.508 e. The average molecular weight is 403 g/mol. The Labute approximate surface area is 175 Å². The van der Waals surface area contributed by atoms with Gasteiger partial charge in [0.1, 0.15) is 11.4 Å². The molecule has 0 spiro atoms. The predicted molar refractivity (Wildman–Crippen MR) is 116 cm³/mol. The van der Waals surface area contributed by atoms with Crippen molar-refractivity contribution in [2.24, 2.45) is 5.92 Å². The second kappa shape index (κ2) is 8.24. The van der Waals surface area contributed by atoms with Crippen LogP contribution in [0, 0.1) is 5.92 Å². The van der Waals surface area contributed by atoms with E-state index in [2.05, 4.69) is 5.32 Å². The summed E-state index contributed by atoms with van der Waals surface area (Å²) in [5.74, 6) is 0.389. The number of benzene rings is 2. The minimum atomic E-state index is -0.131. The summed E-state index contributed by atoms with van der Waals surface area (Å²) in [6.07, 6.45) is 2.26. The number of aliphatic hydroxyl groups excluding tert-OH is 1. The molecule has 0 saturated carbocycles. The Bertz CT molecular complexity index is 1090. The third-order valence-corrected chi connectivity index (χ3v) is 5.65. The third kappa shape index (κ3) is 3.78. The first-order valence-corrected chi connectivity index (χ1v) is 10.2. The molecular formula is C24H25N3O3. The lowest BCUT2D eigenvalue weighted by Gasteiger charge is -2.22. The van der Waals surface area contributed by atoms with Gasteiger partial charge in [-0.1, -0.05) is 32.0 Å². The lowest BCUT2D eigenvalue weighted by atomic mass is 9.90. The van der Waals surface area contributed by atoms with Gasteiger partial charge in [0.05, 0.1) is 18.0 Å². The zero-order valence-electron chi connectivity index (χ0n) is 17.1. The number of hydrogen-bond donors (Lipinski definition) is 3. The van der Waals surface area contributed by atoms with Crippen LogP contribution in [0.1, 0.15) is 37.1 Å². The largest absolute Gasteiger partial charge is 0.508 e. The molecule has 3 N–H and O–H groups in total. The molecule has 0 bridgehead atoms. The van der Waals surface area contributed by atoms with Gasteiger partial charge in [-0.15, -0.1) is 0 Å². The normalized spacial score (nSPS) is 13.3. The van der Waals surface area contributed by atoms with Gasteiger partial charge in [0, 0.05) is 17.0 Å². The molecule has 1 atom stereocenters. The van der Waals surface area contributed by atoms with Crippen LogP contribution in [0.4, 0.5) is 5.82 Å². The van der Waals surface area contributed by atoms with Crippen molar-refractivity contribution in [3.8, 4) is 28.3 Å². The van der Waals surface area contributed by atoms with Crippen molar-refractivity contribution in [2.75, 3.05) is 5.32 Å². The number of aromatic hydroxyl groups is 1. The molecule has 30 heavy (non-hydrogen) atoms. The van der Waals surface area contributed by atoms with Crippen molar-refractivity contribution >= 4 is 11.7 Å². The molecule has 4 rings (SSSR count). The maximum atomic E-state index is 12.6. The number of phenolic OH excluding ortho intramolecular Hbond substituents is 1. The lowest BCUT2D eigenvalue weighted by molar-refractivity contribution is -0.119. The maximum absolute atomic E-state index is 12.6. The van der Waals surface area contributed by atoms with Gasteiger partial charge in [-0.2, -0.15) is 0 Å². The Morgan fingerprint density at radius 3 is 2.57 bits per heavy atom. The molecule has 3 aromatic rings. The van der Waals surface area contributed by atoms with Crippen LogP contribution in [0.2, 0.25) is 0 Å². The monoisotopic (exact) mass is 403 g/mol. The number of carbonyl (C=O) groups excluding carboxylic acids is 1. The minimum absolute atomic E-state index is 0.00512. The number of phenols is 1. The molecule has 2 aromatic carbocycles. The molecule has 0 saturated heterocycles. The summed E-state index contributed by atoms with van der Waals surface area (Å²) in [6, 6.07) is 12.6. The Morgan fingerprint density at radius 2 is 1.87 bits per heavy atom. The molecule has 6 nitrogen and oxygen atoms in total. The summed E-state index contributed by atoms with van der Waals surface area (Å²) in [5, 5.41) is 22.1. The summed E-state index contributed by atoms with van der Waals surface area (Å²) in [6.45, 7) is 3.86. The summed E-state index contributed by atoms with van der Waals surface area (Å²) < 4.78 is 0. The standard InChI is InChI=1S/C24H25N3O3/c1-3-14(2)24(30)27-23-21(16-5-8-18(29)9-6-16)26-22-19-10-4-15(13-28)12-17(19)7-11-20(22)25-23/h4-6,8-10,12,14,28-29H,3,7,11,13H2,1-2H3,(H,25,27,30). The number of fused-ring (bicyclic) bond motifs is 3. The van der Waals surface area contributed by atoms with E-state index >= 15 is 0 Å². The van der Waals surface area contributed by atoms with Crippen LogP contribution in [0.25, 0.3) is 22.5 Å². The van der Waals surface area contributed by atoms with Gasteiger partial charge in [-0.3, -0.25) is 4.79 Å². The highest BCUT2D eigenvalue weighted by Gasteiger charge is 2.24. The zero-order valence-corrected chi connectivity index (χ0v) is 17.1. The molecule has 1 aliphatic rings. The summed E-state index contributed by atoms with van der Waals surface area (Å²) in [4.78, 5) is 22.3. The highest BCUT2D eigenvalue weighted by molar-refractivity contribution is 5.95. The van der Waals surface area contributed by atoms with Crippen LogP contribution >= 0.6 is 0 Å². The Balaban J connectivity index is 1.85. The number of anilines is 1. The molecule has 0 radical (unpaired) electrons. The van der Waals surface area contributed by atoms with Crippen LogP contribution in [-0.2, 0) is 24.2 Å². The molecule has 0 fully saturated rings. The summed E-state index contributed by atoms with van der Waals surface area (Å²) >= 11 is 0. The fourth-order valence-electron chi connectivity index (χ4n) is 3.63. The first kappa shape index (κ1) is 20.0. The lowest BCUT2D eigenvalue weighted by Crippen LogP contribution is -2.22. The second-order valence-corrected chi connectivity index (χ2v) is 7.71. The Kier molecular flexibility index (Phi) is 5.50. The molecular weight excluding hydrogens is 378 g/mol. The second-order valence-electron chi connectivity index (χ2n) is 7.71. The van der Waals surface area contributed by atoms with E-state index in [9.17, 15) is 15.0 Å². The Morgan fingerprint density at radius 1 is 1.10 bits per heavy atom. The predicted octanol–water partition coefficient (Wildman–Crippen LogP) is 4.09. The number of hydrogen-bond acceptors (Lipinski definition) is 5. The average Bonchev–Trinajstić information content (AvgIpc) is 2.78. The van der Waals surface area contributed by atoms with Crippen LogP contribution in [-0.4, -0.2) is 26.1 Å². The molecule has 1 unspecified atom stereocenters. The third-order valence-electron chi connectivity index (χ3n) is 5.65. The van der Waals surface area contributed by atoms with E-state index in [0.29, 0.717) is 17.9 Å². The quantitative estimate of drug-likeness (QED) is 0.596. The van der Waals surface area contributed by atoms with E-state index in [1.165, 1.54) is 0 Å². The molecule has 0 aliphatic heterocycles. The zero-order chi connectivity index (χ0) is 21.3. The van der Waals surface area contributed by atoms with Gasteiger partial charge in [0.15, 0.2) is 5.82 Å². The fourth-order valence-corrected chi connectivity index (χ4v) is 3.63. The van der Waals surface area contributed by atoms with Crippen molar-refractivity contribution in [1.29, 1.82) is 0 Å². The molecule has 1 heterocycles. The van der Waals surface area contributed by atoms with Gasteiger partial charge in [0.25, 0.3) is 0 Å². The van der Waals surface area contributed by atoms with Crippen LogP contribution in [0.3, 0.4) is 0 Å². The first-order valence-electron chi connectivity index (χ1n) is 10.2. The molecule has 1 aliphatic carbocycles. The number of nitrogens with one attached hydrogen (secondary N) is 1. The van der Waals surface area contributed by atoms with Gasteiger partial charge in [0.2, 0.25) is 5.91 Å². The van der Waals surface area contributed by atoms with Crippen molar-refractivity contribution in [2.45, 2.75) is 39.7 Å². The van der Waals surface area contributed by atoms with Gasteiger partial charge in [-0.05, 0) is 54.7 Å². The van der Waals surface area contributed by atoms with Crippen molar-refractivity contribution in [3.63, 3.8) is 0 Å². The molecule has 6 heteroatoms. The van der Waals surface area contributed by atoms with Crippen LogP contribution in [0.5, 0.6) is 5.75 Å². The van der Waals surface area contributed by atoms with Gasteiger partial charge < -0.3 is 15.5 Å². The maximum Gasteiger partial charge on any atom is 0.228 e. The molecule has 154 valence electrons. The SMILES string of the molecule is CCC(C)C(=O)Nc1nc2c(nc1-c1ccc(O)cc1)-c1ccc(CO)cc1CC2. The van der Waals surface area contributed by atoms with Gasteiger partial charge >= 0.3 is 0 Å². The van der Waals surface area contributed by atoms with E-state index in [1.807, 2.05) is 32.0 Å². The number of rotatable bonds is 5. The van der Waals surface area contributed by atoms with Gasteiger partial charge in [-0.25, -0.2) is 9.97 Å². The molecule has 1 amide bonds. The van der Waals surface area contributed by atoms with E-state index in [4.69, 9.17) is 9.97 Å². The summed E-state index contributed by atoms with van der Waals surface area (Å²) in [7, 11) is 0. The first-order chi connectivity index (χ1) is 14.5. The number of aryl methyl sites for hydroxylation is 2. The van der Waals surface area contributed by atoms with Crippen LogP contribution in [0.15, 0.2) is 42.5 Å². The summed E-state index contributed by atoms with van der Waals surface area (Å²) in [5.41, 5.74) is 6.00. The van der Waals surface area contributed by atoms with Crippen LogP contribution < -0.4 is 5.32 Å². The highest BCUT2D eigenvalue weighted by atomic mass is 16.3. The highest BCUT2D eigenvalue weighted by Crippen LogP contribution is 2.36. The fraction of sp³-hybridized carbons (Fsp3) is 0.292. The molecule has 1 aromatic heterocycles. The number of aromatic nitrogens is 2. The van der Waals surface area contributed by atoms with E-state index in [1.54, 1.807) is 24.3 Å². The van der Waals surface area contributed by atoms with E-state index in [0.717, 1.165) is 46.5 Å². The number of carbonyl (C=O) groups is 1. The van der Waals surface area contributed by atoms with Crippen molar-refractivity contribution in [1.82, 2.24) is 9.97 Å². The smallest absolute Gasteiger partial charge is 0.228 e. The van der Waals surface area contributed by atoms with Crippen molar-refractivity contribution < 1.29 is 15.0 Å². The number of aliphatic hydroxyl groups is 1. The van der Waals surface area contributed by atoms with E-state index in [-0.39, 0.29) is 24.2 Å². The number of nitrogens with zero attached hydrogens (tertiary/aromatic N) is 2. The Hall–Kier alpha value is -3.25. The van der Waals surface area contributed by atoms with E-state index < -0.39 is 0 Å². The van der Waals surface area contributed by atoms with Crippen molar-refractivity contribution in [3.05, 3.63) is 59.3 Å².